The first-order chi connectivity index (χ1) is 14.4. The van der Waals surface area contributed by atoms with Gasteiger partial charge in [-0.3, -0.25) is 9.59 Å². The lowest BCUT2D eigenvalue weighted by Gasteiger charge is -2.33. The van der Waals surface area contributed by atoms with Crippen LogP contribution in [0.4, 0.5) is 8.78 Å². The smallest absolute Gasteiger partial charge is 0.256 e. The molecule has 1 N–H and O–H groups in total. The zero-order valence-corrected chi connectivity index (χ0v) is 15.7. The number of halogens is 2. The number of hydrogen-bond donors (Lipinski definition) is 1. The average Bonchev–Trinajstić information content (AvgIpc) is 3.21. The SMILES string of the molecule is CN(C(=O)c1ccc2ocnc2c1)[C@H]1COCc2[nH]c(=O)c3cc(F)c(F)cc3c21. The summed E-state index contributed by atoms with van der Waals surface area (Å²) in [6, 6.07) is 6.14. The number of fused-ring (bicyclic) bond motifs is 4. The van der Waals surface area contributed by atoms with Crippen molar-refractivity contribution in [2.75, 3.05) is 13.7 Å². The maximum Gasteiger partial charge on any atom is 0.256 e. The Labute approximate surface area is 167 Å². The van der Waals surface area contributed by atoms with E-state index in [4.69, 9.17) is 9.15 Å². The number of aromatic nitrogens is 2. The van der Waals surface area contributed by atoms with Crippen molar-refractivity contribution in [1.29, 1.82) is 0 Å². The topological polar surface area (TPSA) is 88.4 Å². The van der Waals surface area contributed by atoms with Crippen molar-refractivity contribution in [3.63, 3.8) is 0 Å². The Balaban J connectivity index is 1.62. The van der Waals surface area contributed by atoms with Crippen molar-refractivity contribution < 1.29 is 22.7 Å². The standard InChI is InChI=1S/C21H15F2N3O4/c1-26(21(28)10-2-3-18-15(4-10)24-9-30-18)17-8-29-7-16-19(17)11-5-13(22)14(23)6-12(11)20(27)25-16/h2-6,9,17H,7-8H2,1H3,(H,25,27)/t17-/m0/s1. The van der Waals surface area contributed by atoms with E-state index in [1.54, 1.807) is 25.2 Å². The third kappa shape index (κ3) is 2.78. The zero-order chi connectivity index (χ0) is 21.0. The number of likely N-dealkylation sites (N-methyl/N-ethyl adjacent to an activating group) is 1. The number of oxazole rings is 1. The van der Waals surface area contributed by atoms with Gasteiger partial charge in [-0.25, -0.2) is 13.8 Å². The first kappa shape index (κ1) is 18.4. The molecule has 0 aliphatic carbocycles. The minimum absolute atomic E-state index is 0.0180. The van der Waals surface area contributed by atoms with Gasteiger partial charge in [0.2, 0.25) is 0 Å². The predicted molar refractivity (Wildman–Crippen MR) is 103 cm³/mol. The molecular formula is C21H15F2N3O4. The number of aromatic amines is 1. The van der Waals surface area contributed by atoms with Crippen LogP contribution in [0, 0.1) is 11.6 Å². The molecule has 9 heteroatoms. The van der Waals surface area contributed by atoms with Gasteiger partial charge in [-0.15, -0.1) is 0 Å². The summed E-state index contributed by atoms with van der Waals surface area (Å²) in [5, 5.41) is 0.275. The van der Waals surface area contributed by atoms with Crippen molar-refractivity contribution in [3.05, 3.63) is 75.5 Å². The van der Waals surface area contributed by atoms with Crippen LogP contribution in [0.3, 0.4) is 0 Å². The predicted octanol–water partition coefficient (Wildman–Crippen LogP) is 3.29. The molecule has 1 aliphatic rings. The maximum atomic E-state index is 14.0. The normalized spacial score (nSPS) is 16.0. The fraction of sp³-hybridized carbons (Fsp3) is 0.190. The largest absolute Gasteiger partial charge is 0.443 e. The van der Waals surface area contributed by atoms with Crippen LogP contribution >= 0.6 is 0 Å². The highest BCUT2D eigenvalue weighted by Crippen LogP contribution is 2.34. The molecule has 152 valence electrons. The fourth-order valence-corrected chi connectivity index (χ4v) is 3.88. The molecule has 5 rings (SSSR count). The van der Waals surface area contributed by atoms with E-state index >= 15 is 0 Å². The molecule has 3 heterocycles. The summed E-state index contributed by atoms with van der Waals surface area (Å²) in [5.41, 5.74) is 1.91. The van der Waals surface area contributed by atoms with E-state index in [1.807, 2.05) is 0 Å². The molecule has 2 aromatic heterocycles. The van der Waals surface area contributed by atoms with E-state index in [-0.39, 0.29) is 29.9 Å². The van der Waals surface area contributed by atoms with Crippen molar-refractivity contribution in [2.24, 2.45) is 0 Å². The lowest BCUT2D eigenvalue weighted by atomic mass is 9.95. The van der Waals surface area contributed by atoms with Crippen LogP contribution in [0.5, 0.6) is 0 Å². The monoisotopic (exact) mass is 411 g/mol. The molecular weight excluding hydrogens is 396 g/mol. The quantitative estimate of drug-likeness (QED) is 0.547. The van der Waals surface area contributed by atoms with E-state index in [1.165, 1.54) is 11.3 Å². The van der Waals surface area contributed by atoms with Crippen LogP contribution in [0.1, 0.15) is 27.7 Å². The summed E-state index contributed by atoms with van der Waals surface area (Å²) < 4.78 is 38.5. The van der Waals surface area contributed by atoms with Crippen LogP contribution in [-0.2, 0) is 11.3 Å². The number of carbonyl (C=O) groups excluding carboxylic acids is 1. The minimum Gasteiger partial charge on any atom is -0.443 e. The van der Waals surface area contributed by atoms with Gasteiger partial charge in [-0.05, 0) is 35.7 Å². The van der Waals surface area contributed by atoms with Gasteiger partial charge in [0.1, 0.15) is 5.52 Å². The van der Waals surface area contributed by atoms with Crippen molar-refractivity contribution >= 4 is 27.8 Å². The molecule has 0 unspecified atom stereocenters. The minimum atomic E-state index is -1.11. The highest BCUT2D eigenvalue weighted by Gasteiger charge is 2.31. The Hall–Kier alpha value is -3.59. The molecule has 2 aromatic carbocycles. The first-order valence-electron chi connectivity index (χ1n) is 9.16. The highest BCUT2D eigenvalue weighted by molar-refractivity contribution is 5.97. The number of amides is 1. The molecule has 1 aliphatic heterocycles. The Morgan fingerprint density at radius 1 is 1.20 bits per heavy atom. The Kier molecular flexibility index (Phi) is 4.14. The third-order valence-corrected chi connectivity index (χ3v) is 5.41. The second-order valence-corrected chi connectivity index (χ2v) is 7.14. The molecule has 1 atom stereocenters. The van der Waals surface area contributed by atoms with E-state index < -0.39 is 23.2 Å². The summed E-state index contributed by atoms with van der Waals surface area (Å²) in [7, 11) is 1.59. The number of benzene rings is 2. The van der Waals surface area contributed by atoms with Crippen molar-refractivity contribution in [1.82, 2.24) is 14.9 Å². The summed E-state index contributed by atoms with van der Waals surface area (Å²) in [4.78, 5) is 33.7. The molecule has 0 radical (unpaired) electrons. The number of nitrogens with one attached hydrogen (secondary N) is 1. The highest BCUT2D eigenvalue weighted by atomic mass is 19.2. The number of hydrogen-bond acceptors (Lipinski definition) is 5. The number of rotatable bonds is 2. The summed E-state index contributed by atoms with van der Waals surface area (Å²) in [6.07, 6.45) is 1.30. The number of carbonyl (C=O) groups is 1. The lowest BCUT2D eigenvalue weighted by molar-refractivity contribution is 0.0336. The molecule has 7 nitrogen and oxygen atoms in total. The number of nitrogens with zero attached hydrogens (tertiary/aromatic N) is 2. The molecule has 0 bridgehead atoms. The Bertz CT molecular complexity index is 1380. The second kappa shape index (κ2) is 6.74. The summed E-state index contributed by atoms with van der Waals surface area (Å²) in [5.74, 6) is -2.49. The zero-order valence-electron chi connectivity index (χ0n) is 15.7. The van der Waals surface area contributed by atoms with Gasteiger partial charge in [0.05, 0.1) is 24.6 Å². The maximum absolute atomic E-state index is 14.0. The molecule has 0 fully saturated rings. The van der Waals surface area contributed by atoms with Crippen LogP contribution in [0.15, 0.2) is 45.9 Å². The van der Waals surface area contributed by atoms with Crippen molar-refractivity contribution in [3.8, 4) is 0 Å². The number of H-pyrrole nitrogens is 1. The Morgan fingerprint density at radius 2 is 1.97 bits per heavy atom. The first-order valence-corrected chi connectivity index (χ1v) is 9.16. The van der Waals surface area contributed by atoms with Gasteiger partial charge in [0, 0.05) is 23.9 Å². The molecule has 1 amide bonds. The lowest BCUT2D eigenvalue weighted by Crippen LogP contribution is -2.37. The van der Waals surface area contributed by atoms with Crippen LogP contribution in [0.2, 0.25) is 0 Å². The summed E-state index contributed by atoms with van der Waals surface area (Å²) >= 11 is 0. The second-order valence-electron chi connectivity index (χ2n) is 7.14. The Morgan fingerprint density at radius 3 is 2.77 bits per heavy atom. The third-order valence-electron chi connectivity index (χ3n) is 5.41. The molecule has 30 heavy (non-hydrogen) atoms. The van der Waals surface area contributed by atoms with Crippen LogP contribution in [0.25, 0.3) is 21.9 Å². The van der Waals surface area contributed by atoms with Crippen LogP contribution in [-0.4, -0.2) is 34.4 Å². The van der Waals surface area contributed by atoms with Crippen molar-refractivity contribution in [2.45, 2.75) is 12.6 Å². The number of ether oxygens (including phenoxy) is 1. The summed E-state index contributed by atoms with van der Waals surface area (Å²) in [6.45, 7) is 0.241. The average molecular weight is 411 g/mol. The van der Waals surface area contributed by atoms with E-state index in [0.717, 1.165) is 12.1 Å². The molecule has 4 aromatic rings. The van der Waals surface area contributed by atoms with Crippen LogP contribution < -0.4 is 5.56 Å². The number of pyridine rings is 1. The van der Waals surface area contributed by atoms with E-state index in [9.17, 15) is 18.4 Å². The van der Waals surface area contributed by atoms with Gasteiger partial charge >= 0.3 is 0 Å². The van der Waals surface area contributed by atoms with Gasteiger partial charge in [0.25, 0.3) is 11.5 Å². The fourth-order valence-electron chi connectivity index (χ4n) is 3.88. The van der Waals surface area contributed by atoms with E-state index in [2.05, 4.69) is 9.97 Å². The van der Waals surface area contributed by atoms with Gasteiger partial charge in [-0.1, -0.05) is 0 Å². The van der Waals surface area contributed by atoms with Gasteiger partial charge in [-0.2, -0.15) is 0 Å². The van der Waals surface area contributed by atoms with Gasteiger partial charge < -0.3 is 19.0 Å². The van der Waals surface area contributed by atoms with Gasteiger partial charge in [0.15, 0.2) is 23.6 Å². The molecule has 0 spiro atoms. The molecule has 0 saturated heterocycles. The van der Waals surface area contributed by atoms with E-state index in [0.29, 0.717) is 27.9 Å². The molecule has 0 saturated carbocycles.